The number of amides is 2. The summed E-state index contributed by atoms with van der Waals surface area (Å²) in [4.78, 5) is 35.8. The number of rotatable bonds is 6. The van der Waals surface area contributed by atoms with E-state index in [0.29, 0.717) is 25.5 Å². The normalized spacial score (nSPS) is 16.1. The van der Waals surface area contributed by atoms with E-state index in [9.17, 15) is 14.0 Å². The number of nitrogens with zero attached hydrogens (tertiary/aromatic N) is 4. The number of piperazine rings is 1. The fraction of sp³-hybridized carbons (Fsp3) is 0.400. The molecule has 1 aliphatic heterocycles. The van der Waals surface area contributed by atoms with Crippen molar-refractivity contribution in [2.24, 2.45) is 0 Å². The highest BCUT2D eigenvalue weighted by atomic mass is 35.5. The predicted molar refractivity (Wildman–Crippen MR) is 112 cm³/mol. The lowest BCUT2D eigenvalue weighted by atomic mass is 10.2. The van der Waals surface area contributed by atoms with Gasteiger partial charge in [0, 0.05) is 31.7 Å². The van der Waals surface area contributed by atoms with Gasteiger partial charge in [0.25, 0.3) is 0 Å². The summed E-state index contributed by atoms with van der Waals surface area (Å²) in [5.74, 6) is 0.238. The monoisotopic (exact) mass is 451 g/mol. The number of esters is 1. The number of aromatic nitrogens is 2. The topological polar surface area (TPSA) is 96.9 Å². The smallest absolute Gasteiger partial charge is 0.325 e. The molecule has 1 saturated heterocycles. The Bertz CT molecular complexity index is 948. The van der Waals surface area contributed by atoms with Gasteiger partial charge in [-0.1, -0.05) is 11.6 Å². The number of urea groups is 1. The molecule has 0 aliphatic carbocycles. The molecule has 2 heterocycles. The second kappa shape index (κ2) is 10.3. The molecular formula is C20H23ClFN5O4. The largest absolute Gasteiger partial charge is 0.465 e. The first kappa shape index (κ1) is 22.5. The fourth-order valence-corrected chi connectivity index (χ4v) is 3.36. The number of hydrogen-bond donors (Lipinski definition) is 1. The molecule has 2 amide bonds. The van der Waals surface area contributed by atoms with Crippen molar-refractivity contribution >= 4 is 29.4 Å². The first-order valence-electron chi connectivity index (χ1n) is 9.77. The summed E-state index contributed by atoms with van der Waals surface area (Å²) in [7, 11) is 0. The molecule has 1 aromatic heterocycles. The van der Waals surface area contributed by atoms with Gasteiger partial charge in [0.15, 0.2) is 0 Å². The third-order valence-electron chi connectivity index (χ3n) is 4.64. The summed E-state index contributed by atoms with van der Waals surface area (Å²) in [5, 5.41) is 2.71. The third kappa shape index (κ3) is 5.94. The van der Waals surface area contributed by atoms with Crippen molar-refractivity contribution in [3.8, 4) is 11.6 Å². The van der Waals surface area contributed by atoms with E-state index in [1.54, 1.807) is 17.9 Å². The molecule has 0 saturated carbocycles. The molecule has 1 N–H and O–H groups in total. The van der Waals surface area contributed by atoms with Crippen molar-refractivity contribution in [2.45, 2.75) is 19.9 Å². The van der Waals surface area contributed by atoms with E-state index in [1.165, 1.54) is 18.5 Å². The Morgan fingerprint density at radius 2 is 2.10 bits per heavy atom. The Hall–Kier alpha value is -3.14. The zero-order valence-corrected chi connectivity index (χ0v) is 17.9. The van der Waals surface area contributed by atoms with Crippen LogP contribution in [0.4, 0.5) is 15.0 Å². The van der Waals surface area contributed by atoms with Crippen molar-refractivity contribution in [1.82, 2.24) is 20.2 Å². The summed E-state index contributed by atoms with van der Waals surface area (Å²) in [6.45, 7) is 5.22. The van der Waals surface area contributed by atoms with Crippen LogP contribution in [0.5, 0.6) is 11.6 Å². The molecule has 9 nitrogen and oxygen atoms in total. The van der Waals surface area contributed by atoms with Gasteiger partial charge < -0.3 is 24.6 Å². The van der Waals surface area contributed by atoms with E-state index < -0.39 is 11.8 Å². The zero-order chi connectivity index (χ0) is 22.4. The van der Waals surface area contributed by atoms with E-state index >= 15 is 0 Å². The van der Waals surface area contributed by atoms with Crippen LogP contribution in [0.15, 0.2) is 30.6 Å². The Kier molecular flexibility index (Phi) is 7.45. The van der Waals surface area contributed by atoms with Crippen LogP contribution in [0.2, 0.25) is 5.02 Å². The Morgan fingerprint density at radius 1 is 1.29 bits per heavy atom. The summed E-state index contributed by atoms with van der Waals surface area (Å²) >= 11 is 6.00. The lowest BCUT2D eigenvalue weighted by Crippen LogP contribution is -2.57. The van der Waals surface area contributed by atoms with Crippen molar-refractivity contribution in [2.75, 3.05) is 37.7 Å². The highest BCUT2D eigenvalue weighted by Gasteiger charge is 2.28. The summed E-state index contributed by atoms with van der Waals surface area (Å²) in [5.41, 5.74) is 0. The molecular weight excluding hydrogens is 429 g/mol. The average Bonchev–Trinajstić information content (AvgIpc) is 2.74. The van der Waals surface area contributed by atoms with E-state index in [-0.39, 0.29) is 41.9 Å². The number of hydrogen-bond acceptors (Lipinski definition) is 7. The van der Waals surface area contributed by atoms with Gasteiger partial charge in [0.05, 0.1) is 11.6 Å². The molecule has 0 spiro atoms. The maximum atomic E-state index is 13.2. The van der Waals surface area contributed by atoms with Crippen molar-refractivity contribution in [3.63, 3.8) is 0 Å². The zero-order valence-electron chi connectivity index (χ0n) is 17.2. The van der Waals surface area contributed by atoms with Gasteiger partial charge >= 0.3 is 12.0 Å². The van der Waals surface area contributed by atoms with Gasteiger partial charge in [-0.3, -0.25) is 4.79 Å². The Balaban J connectivity index is 1.60. The van der Waals surface area contributed by atoms with Gasteiger partial charge in [-0.05, 0) is 32.0 Å². The molecule has 1 aliphatic rings. The van der Waals surface area contributed by atoms with Crippen molar-refractivity contribution < 1.29 is 23.5 Å². The SMILES string of the molecule is CCOC(=O)CNC(=O)N1CCN(c2cc(Oc3ccc(F)cc3Cl)ncn2)CC1C. The molecule has 166 valence electrons. The lowest BCUT2D eigenvalue weighted by molar-refractivity contribution is -0.141. The highest BCUT2D eigenvalue weighted by molar-refractivity contribution is 6.32. The van der Waals surface area contributed by atoms with E-state index in [4.69, 9.17) is 21.1 Å². The average molecular weight is 452 g/mol. The second-order valence-corrected chi connectivity index (χ2v) is 7.25. The van der Waals surface area contributed by atoms with Gasteiger partial charge in [0.1, 0.15) is 30.3 Å². The van der Waals surface area contributed by atoms with Crippen LogP contribution in [-0.2, 0) is 9.53 Å². The molecule has 1 unspecified atom stereocenters. The van der Waals surface area contributed by atoms with Crippen LogP contribution in [-0.4, -0.2) is 65.7 Å². The van der Waals surface area contributed by atoms with Crippen LogP contribution in [0.1, 0.15) is 13.8 Å². The van der Waals surface area contributed by atoms with Gasteiger partial charge in [0.2, 0.25) is 5.88 Å². The number of anilines is 1. The van der Waals surface area contributed by atoms with E-state index in [0.717, 1.165) is 6.07 Å². The molecule has 2 aromatic rings. The van der Waals surface area contributed by atoms with Crippen LogP contribution in [0.25, 0.3) is 0 Å². The number of ether oxygens (including phenoxy) is 2. The minimum Gasteiger partial charge on any atom is -0.465 e. The van der Waals surface area contributed by atoms with E-state index in [2.05, 4.69) is 15.3 Å². The summed E-state index contributed by atoms with van der Waals surface area (Å²) in [6.07, 6.45) is 1.37. The summed E-state index contributed by atoms with van der Waals surface area (Å²) < 4.78 is 23.7. The molecule has 0 radical (unpaired) electrons. The van der Waals surface area contributed by atoms with Crippen LogP contribution in [0, 0.1) is 5.82 Å². The Morgan fingerprint density at radius 3 is 2.81 bits per heavy atom. The van der Waals surface area contributed by atoms with Crippen LogP contribution in [0.3, 0.4) is 0 Å². The molecule has 11 heteroatoms. The summed E-state index contributed by atoms with van der Waals surface area (Å²) in [6, 6.07) is 5.04. The number of nitrogens with one attached hydrogen (secondary N) is 1. The highest BCUT2D eigenvalue weighted by Crippen LogP contribution is 2.30. The van der Waals surface area contributed by atoms with Gasteiger partial charge in [-0.2, -0.15) is 0 Å². The van der Waals surface area contributed by atoms with Gasteiger partial charge in [-0.25, -0.2) is 19.2 Å². The Labute approximate surface area is 184 Å². The quantitative estimate of drug-likeness (QED) is 0.674. The predicted octanol–water partition coefficient (Wildman–Crippen LogP) is 2.84. The van der Waals surface area contributed by atoms with Gasteiger partial charge in [-0.15, -0.1) is 0 Å². The number of carbonyl (C=O) groups excluding carboxylic acids is 2. The molecule has 3 rings (SSSR count). The minimum absolute atomic E-state index is 0.123. The lowest BCUT2D eigenvalue weighted by Gasteiger charge is -2.40. The first-order chi connectivity index (χ1) is 14.9. The number of carbonyl (C=O) groups is 2. The first-order valence-corrected chi connectivity index (χ1v) is 10.1. The van der Waals surface area contributed by atoms with Crippen molar-refractivity contribution in [3.05, 3.63) is 41.4 Å². The molecule has 31 heavy (non-hydrogen) atoms. The van der Waals surface area contributed by atoms with Crippen LogP contribution >= 0.6 is 11.6 Å². The maximum Gasteiger partial charge on any atom is 0.325 e. The second-order valence-electron chi connectivity index (χ2n) is 6.84. The van der Waals surface area contributed by atoms with Crippen molar-refractivity contribution in [1.29, 1.82) is 0 Å². The van der Waals surface area contributed by atoms with E-state index in [1.807, 2.05) is 11.8 Å². The number of halogens is 2. The van der Waals surface area contributed by atoms with Crippen LogP contribution < -0.4 is 15.0 Å². The third-order valence-corrected chi connectivity index (χ3v) is 4.93. The molecule has 1 fully saturated rings. The standard InChI is InChI=1S/C20H23ClFN5O4/c1-3-30-19(28)10-23-20(29)27-7-6-26(11-13(27)2)17-9-18(25-12-24-17)31-16-5-4-14(22)8-15(16)21/h4-5,8-9,12-13H,3,6-7,10-11H2,1-2H3,(H,23,29). The fourth-order valence-electron chi connectivity index (χ4n) is 3.16. The number of benzene rings is 1. The molecule has 1 aromatic carbocycles. The molecule has 0 bridgehead atoms. The minimum atomic E-state index is -0.475. The maximum absolute atomic E-state index is 13.2. The molecule has 1 atom stereocenters.